The van der Waals surface area contributed by atoms with E-state index < -0.39 is 0 Å². The summed E-state index contributed by atoms with van der Waals surface area (Å²) in [6.45, 7) is 7.36. The van der Waals surface area contributed by atoms with Gasteiger partial charge in [-0.2, -0.15) is 5.10 Å². The summed E-state index contributed by atoms with van der Waals surface area (Å²) in [6.07, 6.45) is 1.76. The highest BCUT2D eigenvalue weighted by Crippen LogP contribution is 2.30. The summed E-state index contributed by atoms with van der Waals surface area (Å²) in [4.78, 5) is 9.12. The summed E-state index contributed by atoms with van der Waals surface area (Å²) >= 11 is 0. The molecular formula is C19H21N7O. The molecule has 27 heavy (non-hydrogen) atoms. The molecule has 1 aliphatic rings. The first-order valence-electron chi connectivity index (χ1n) is 9.24. The first-order chi connectivity index (χ1) is 13.3. The molecule has 3 aromatic heterocycles. The number of benzene rings is 1. The number of hydrogen-bond acceptors (Lipinski definition) is 7. The van der Waals surface area contributed by atoms with Gasteiger partial charge in [0, 0.05) is 44.1 Å². The molecule has 8 heteroatoms. The van der Waals surface area contributed by atoms with Gasteiger partial charge in [-0.1, -0.05) is 12.1 Å². The molecule has 0 bridgehead atoms. The van der Waals surface area contributed by atoms with Gasteiger partial charge in [-0.15, -0.1) is 0 Å². The average molecular weight is 363 g/mol. The fourth-order valence-electron chi connectivity index (χ4n) is 3.58. The normalized spacial score (nSPS) is 15.7. The van der Waals surface area contributed by atoms with Crippen LogP contribution in [-0.2, 0) is 0 Å². The van der Waals surface area contributed by atoms with Gasteiger partial charge in [-0.25, -0.2) is 0 Å². The van der Waals surface area contributed by atoms with Crippen LogP contribution in [0.5, 0.6) is 0 Å². The highest BCUT2D eigenvalue weighted by molar-refractivity contribution is 5.93. The first kappa shape index (κ1) is 16.1. The van der Waals surface area contributed by atoms with Crippen LogP contribution in [0.15, 0.2) is 41.1 Å². The average Bonchev–Trinajstić information content (AvgIpc) is 3.32. The molecule has 4 heterocycles. The van der Waals surface area contributed by atoms with Gasteiger partial charge >= 0.3 is 0 Å². The second-order valence-corrected chi connectivity index (χ2v) is 6.74. The fraction of sp³-hybridized carbons (Fsp3) is 0.316. The van der Waals surface area contributed by atoms with Crippen molar-refractivity contribution < 1.29 is 4.52 Å². The van der Waals surface area contributed by atoms with Crippen molar-refractivity contribution >= 4 is 39.3 Å². The molecule has 4 aromatic rings. The smallest absolute Gasteiger partial charge is 0.180 e. The lowest BCUT2D eigenvalue weighted by Gasteiger charge is -2.33. The summed E-state index contributed by atoms with van der Waals surface area (Å²) in [7, 11) is 0. The second kappa shape index (κ2) is 6.55. The van der Waals surface area contributed by atoms with E-state index in [1.165, 1.54) is 0 Å². The van der Waals surface area contributed by atoms with Crippen molar-refractivity contribution in [1.29, 1.82) is 0 Å². The lowest BCUT2D eigenvalue weighted by molar-refractivity contribution is 0.269. The molecule has 0 unspecified atom stereocenters. The maximum Gasteiger partial charge on any atom is 0.180 e. The third kappa shape index (κ3) is 2.87. The van der Waals surface area contributed by atoms with Gasteiger partial charge in [0.05, 0.1) is 10.9 Å². The van der Waals surface area contributed by atoms with Crippen LogP contribution < -0.4 is 10.2 Å². The van der Waals surface area contributed by atoms with E-state index in [1.807, 2.05) is 24.3 Å². The van der Waals surface area contributed by atoms with E-state index in [0.717, 1.165) is 66.2 Å². The monoisotopic (exact) mass is 363 g/mol. The standard InChI is InChI=1S/C19H21N7O/c1-2-25-8-10-26(11-9-25)19-14-6-5-13(12-16(14)27-24-19)21-18-17-15(22-23-18)4-3-7-20-17/h3-7,12H,2,8-11H2,1H3,(H2,21,22,23). The maximum atomic E-state index is 5.61. The highest BCUT2D eigenvalue weighted by Gasteiger charge is 2.21. The van der Waals surface area contributed by atoms with E-state index in [1.54, 1.807) is 6.20 Å². The molecular weight excluding hydrogens is 342 g/mol. The number of aromatic nitrogens is 4. The number of pyridine rings is 1. The zero-order chi connectivity index (χ0) is 18.2. The van der Waals surface area contributed by atoms with E-state index in [-0.39, 0.29) is 0 Å². The maximum absolute atomic E-state index is 5.61. The molecule has 1 aliphatic heterocycles. The lowest BCUT2D eigenvalue weighted by Crippen LogP contribution is -2.46. The van der Waals surface area contributed by atoms with Crippen molar-refractivity contribution in [3.8, 4) is 0 Å². The zero-order valence-corrected chi connectivity index (χ0v) is 15.1. The molecule has 0 spiro atoms. The van der Waals surface area contributed by atoms with Gasteiger partial charge in [0.25, 0.3) is 0 Å². The van der Waals surface area contributed by atoms with Crippen molar-refractivity contribution in [3.05, 3.63) is 36.5 Å². The predicted octanol–water partition coefficient (Wildman–Crippen LogP) is 2.98. The number of likely N-dealkylation sites (N-methyl/N-ethyl adjacent to an activating group) is 1. The van der Waals surface area contributed by atoms with Crippen LogP contribution in [-0.4, -0.2) is 58.0 Å². The third-order valence-corrected chi connectivity index (χ3v) is 5.15. The first-order valence-corrected chi connectivity index (χ1v) is 9.24. The fourth-order valence-corrected chi connectivity index (χ4v) is 3.58. The number of fused-ring (bicyclic) bond motifs is 2. The molecule has 1 fully saturated rings. The molecule has 0 atom stereocenters. The van der Waals surface area contributed by atoms with Gasteiger partial charge in [-0.05, 0) is 30.8 Å². The van der Waals surface area contributed by atoms with Gasteiger partial charge in [0.1, 0.15) is 5.52 Å². The van der Waals surface area contributed by atoms with E-state index >= 15 is 0 Å². The van der Waals surface area contributed by atoms with E-state index in [9.17, 15) is 0 Å². The number of hydrogen-bond donors (Lipinski definition) is 2. The van der Waals surface area contributed by atoms with Crippen molar-refractivity contribution in [1.82, 2.24) is 25.2 Å². The molecule has 1 saturated heterocycles. The molecule has 0 saturated carbocycles. The minimum atomic E-state index is 0.695. The summed E-state index contributed by atoms with van der Waals surface area (Å²) < 4.78 is 5.61. The highest BCUT2D eigenvalue weighted by atomic mass is 16.5. The van der Waals surface area contributed by atoms with Crippen molar-refractivity contribution in [2.24, 2.45) is 0 Å². The number of rotatable bonds is 4. The topological polar surface area (TPSA) is 86.1 Å². The van der Waals surface area contributed by atoms with Crippen LogP contribution in [0.3, 0.4) is 0 Å². The van der Waals surface area contributed by atoms with E-state index in [2.05, 4.69) is 48.4 Å². The summed E-state index contributed by atoms with van der Waals surface area (Å²) in [5.41, 5.74) is 3.36. The SMILES string of the molecule is CCN1CCN(c2noc3cc(Nc4n[nH]c5cccnc45)ccc23)CC1. The van der Waals surface area contributed by atoms with Crippen molar-refractivity contribution in [2.75, 3.05) is 42.9 Å². The summed E-state index contributed by atoms with van der Waals surface area (Å²) in [5.74, 6) is 1.62. The Morgan fingerprint density at radius 1 is 1.19 bits per heavy atom. The number of H-pyrrole nitrogens is 1. The van der Waals surface area contributed by atoms with Crippen LogP contribution in [0.2, 0.25) is 0 Å². The van der Waals surface area contributed by atoms with Crippen LogP contribution in [0.25, 0.3) is 22.0 Å². The van der Waals surface area contributed by atoms with E-state index in [0.29, 0.717) is 5.82 Å². The van der Waals surface area contributed by atoms with Gasteiger partial charge in [-0.3, -0.25) is 10.1 Å². The van der Waals surface area contributed by atoms with Crippen molar-refractivity contribution in [2.45, 2.75) is 6.92 Å². The van der Waals surface area contributed by atoms with E-state index in [4.69, 9.17) is 4.52 Å². The van der Waals surface area contributed by atoms with Crippen LogP contribution >= 0.6 is 0 Å². The number of anilines is 3. The number of nitrogens with one attached hydrogen (secondary N) is 2. The van der Waals surface area contributed by atoms with Gasteiger partial charge in [0.15, 0.2) is 17.2 Å². The van der Waals surface area contributed by atoms with Crippen LogP contribution in [0, 0.1) is 0 Å². The Balaban J connectivity index is 1.40. The predicted molar refractivity (Wildman–Crippen MR) is 106 cm³/mol. The Bertz CT molecular complexity index is 1080. The van der Waals surface area contributed by atoms with Gasteiger partial charge in [0.2, 0.25) is 0 Å². The molecule has 8 nitrogen and oxygen atoms in total. The number of piperazine rings is 1. The Morgan fingerprint density at radius 3 is 2.93 bits per heavy atom. The van der Waals surface area contributed by atoms with Crippen LogP contribution in [0.4, 0.5) is 17.3 Å². The molecule has 0 amide bonds. The molecule has 2 N–H and O–H groups in total. The Morgan fingerprint density at radius 2 is 2.07 bits per heavy atom. The lowest BCUT2D eigenvalue weighted by atomic mass is 10.2. The van der Waals surface area contributed by atoms with Crippen molar-refractivity contribution in [3.63, 3.8) is 0 Å². The summed E-state index contributed by atoms with van der Waals surface area (Å²) in [5, 5.41) is 16.0. The quantitative estimate of drug-likeness (QED) is 0.576. The Kier molecular flexibility index (Phi) is 3.90. The number of nitrogens with zero attached hydrogens (tertiary/aromatic N) is 5. The third-order valence-electron chi connectivity index (χ3n) is 5.15. The number of aromatic amines is 1. The largest absolute Gasteiger partial charge is 0.354 e. The Labute approximate surface area is 156 Å². The Hall–Kier alpha value is -3.13. The zero-order valence-electron chi connectivity index (χ0n) is 15.1. The molecule has 138 valence electrons. The molecule has 5 rings (SSSR count). The molecule has 0 aliphatic carbocycles. The van der Waals surface area contributed by atoms with Gasteiger partial charge < -0.3 is 19.6 Å². The minimum Gasteiger partial charge on any atom is -0.354 e. The summed E-state index contributed by atoms with van der Waals surface area (Å²) in [6, 6.07) is 9.86. The molecule has 0 radical (unpaired) electrons. The minimum absolute atomic E-state index is 0.695. The molecule has 1 aromatic carbocycles. The second-order valence-electron chi connectivity index (χ2n) is 6.74. The van der Waals surface area contributed by atoms with Crippen LogP contribution in [0.1, 0.15) is 6.92 Å².